The molecule has 0 fully saturated rings. The van der Waals surface area contributed by atoms with E-state index in [1.165, 1.54) is 0 Å². The lowest BCUT2D eigenvalue weighted by molar-refractivity contribution is 0.0882. The number of benzene rings is 3. The fourth-order valence-corrected chi connectivity index (χ4v) is 3.10. The smallest absolute Gasteiger partial charge is 0.253 e. The molecule has 29 heavy (non-hydrogen) atoms. The number of amides is 2. The Hall–Kier alpha value is -3.60. The highest BCUT2D eigenvalue weighted by Crippen LogP contribution is 2.24. The quantitative estimate of drug-likeness (QED) is 0.623. The highest BCUT2D eigenvalue weighted by Gasteiger charge is 2.22. The predicted octanol–water partition coefficient (Wildman–Crippen LogP) is 4.17. The maximum absolute atomic E-state index is 12.8. The standard InChI is InChI=1S/C24H24N2O3/c1-16-8-6-10-18(14-16)23(27)25-22(20-12-4-5-13-21(20)29-3)26-24(28)19-11-7-9-17(2)15-19/h4-15,22H,1-3H3,(H,25,27)(H,26,28). The van der Waals surface area contributed by atoms with Crippen molar-refractivity contribution in [2.75, 3.05) is 7.11 Å². The van der Waals surface area contributed by atoms with Crippen LogP contribution >= 0.6 is 0 Å². The van der Waals surface area contributed by atoms with Crippen LogP contribution in [0.15, 0.2) is 72.8 Å². The minimum absolute atomic E-state index is 0.283. The molecule has 0 saturated heterocycles. The summed E-state index contributed by atoms with van der Waals surface area (Å²) in [7, 11) is 1.56. The first kappa shape index (κ1) is 20.1. The van der Waals surface area contributed by atoms with Gasteiger partial charge in [0.2, 0.25) is 0 Å². The van der Waals surface area contributed by atoms with E-state index in [4.69, 9.17) is 4.74 Å². The molecule has 0 atom stereocenters. The van der Waals surface area contributed by atoms with Gasteiger partial charge in [-0.05, 0) is 44.2 Å². The Labute approximate surface area is 170 Å². The number of carbonyl (C=O) groups is 2. The normalized spacial score (nSPS) is 10.5. The van der Waals surface area contributed by atoms with Gasteiger partial charge in [0.15, 0.2) is 0 Å². The molecule has 3 aromatic rings. The molecule has 2 amide bonds. The van der Waals surface area contributed by atoms with Gasteiger partial charge in [0.05, 0.1) is 7.11 Å². The van der Waals surface area contributed by atoms with Gasteiger partial charge in [-0.3, -0.25) is 9.59 Å². The van der Waals surface area contributed by atoms with Crippen molar-refractivity contribution >= 4 is 11.8 Å². The Kier molecular flexibility index (Phi) is 6.29. The molecule has 5 nitrogen and oxygen atoms in total. The number of hydrogen-bond donors (Lipinski definition) is 2. The van der Waals surface area contributed by atoms with Crippen molar-refractivity contribution in [3.63, 3.8) is 0 Å². The molecule has 148 valence electrons. The van der Waals surface area contributed by atoms with Crippen molar-refractivity contribution in [2.45, 2.75) is 20.0 Å². The monoisotopic (exact) mass is 388 g/mol. The predicted molar refractivity (Wildman–Crippen MR) is 113 cm³/mol. The van der Waals surface area contributed by atoms with Crippen LogP contribution in [0.3, 0.4) is 0 Å². The fourth-order valence-electron chi connectivity index (χ4n) is 3.10. The minimum atomic E-state index is -0.757. The van der Waals surface area contributed by atoms with Gasteiger partial charge < -0.3 is 15.4 Å². The number of nitrogens with one attached hydrogen (secondary N) is 2. The van der Waals surface area contributed by atoms with Crippen molar-refractivity contribution in [3.8, 4) is 5.75 Å². The average Bonchev–Trinajstić information content (AvgIpc) is 2.73. The topological polar surface area (TPSA) is 67.4 Å². The molecule has 2 N–H and O–H groups in total. The second-order valence-corrected chi connectivity index (χ2v) is 6.86. The Morgan fingerprint density at radius 1 is 0.759 bits per heavy atom. The van der Waals surface area contributed by atoms with Crippen molar-refractivity contribution in [1.82, 2.24) is 10.6 Å². The molecule has 0 aliphatic heterocycles. The summed E-state index contributed by atoms with van der Waals surface area (Å²) in [6, 6.07) is 21.9. The number of ether oxygens (including phenoxy) is 1. The molecular weight excluding hydrogens is 364 g/mol. The summed E-state index contributed by atoms with van der Waals surface area (Å²) in [5.41, 5.74) is 3.67. The molecule has 0 radical (unpaired) electrons. The van der Waals surface area contributed by atoms with Gasteiger partial charge in [0.1, 0.15) is 11.9 Å². The number of hydrogen-bond acceptors (Lipinski definition) is 3. The molecule has 0 bridgehead atoms. The van der Waals surface area contributed by atoms with Crippen LogP contribution < -0.4 is 15.4 Å². The van der Waals surface area contributed by atoms with E-state index in [0.717, 1.165) is 11.1 Å². The lowest BCUT2D eigenvalue weighted by atomic mass is 10.1. The molecule has 3 rings (SSSR count). The van der Waals surface area contributed by atoms with Crippen LogP contribution in [0.1, 0.15) is 43.6 Å². The van der Waals surface area contributed by atoms with E-state index < -0.39 is 6.17 Å². The second-order valence-electron chi connectivity index (χ2n) is 6.86. The van der Waals surface area contributed by atoms with Crippen molar-refractivity contribution in [3.05, 3.63) is 101 Å². The van der Waals surface area contributed by atoms with Gasteiger partial charge in [0.25, 0.3) is 11.8 Å². The zero-order valence-electron chi connectivity index (χ0n) is 16.7. The largest absolute Gasteiger partial charge is 0.496 e. The van der Waals surface area contributed by atoms with Crippen LogP contribution in [0.25, 0.3) is 0 Å². The number of methoxy groups -OCH3 is 1. The average molecular weight is 388 g/mol. The highest BCUT2D eigenvalue weighted by molar-refractivity contribution is 5.97. The van der Waals surface area contributed by atoms with E-state index >= 15 is 0 Å². The summed E-state index contributed by atoms with van der Waals surface area (Å²) in [6.45, 7) is 3.85. The Morgan fingerprint density at radius 3 is 1.76 bits per heavy atom. The number of carbonyl (C=O) groups excluding carboxylic acids is 2. The van der Waals surface area contributed by atoms with Crippen LogP contribution in [0, 0.1) is 13.8 Å². The number of para-hydroxylation sites is 1. The van der Waals surface area contributed by atoms with Crippen LogP contribution in [0.4, 0.5) is 0 Å². The maximum Gasteiger partial charge on any atom is 0.253 e. The molecule has 3 aromatic carbocycles. The molecule has 0 aliphatic rings. The molecule has 5 heteroatoms. The molecular formula is C24H24N2O3. The van der Waals surface area contributed by atoms with E-state index in [-0.39, 0.29) is 11.8 Å². The lowest BCUT2D eigenvalue weighted by Crippen LogP contribution is -2.41. The molecule has 0 saturated carbocycles. The van der Waals surface area contributed by atoms with Gasteiger partial charge in [0, 0.05) is 16.7 Å². The van der Waals surface area contributed by atoms with Gasteiger partial charge in [-0.25, -0.2) is 0 Å². The Balaban J connectivity index is 1.91. The fraction of sp³-hybridized carbons (Fsp3) is 0.167. The summed E-state index contributed by atoms with van der Waals surface area (Å²) in [5, 5.41) is 5.83. The minimum Gasteiger partial charge on any atom is -0.496 e. The highest BCUT2D eigenvalue weighted by atomic mass is 16.5. The first-order chi connectivity index (χ1) is 14.0. The third-order valence-corrected chi connectivity index (χ3v) is 4.56. The molecule has 0 unspecified atom stereocenters. The van der Waals surface area contributed by atoms with Crippen molar-refractivity contribution in [2.24, 2.45) is 0 Å². The van der Waals surface area contributed by atoms with Crippen molar-refractivity contribution in [1.29, 1.82) is 0 Å². The van der Waals surface area contributed by atoms with Gasteiger partial charge in [-0.15, -0.1) is 0 Å². The third-order valence-electron chi connectivity index (χ3n) is 4.56. The van der Waals surface area contributed by atoms with Crippen LogP contribution in [-0.2, 0) is 0 Å². The Bertz CT molecular complexity index is 970. The summed E-state index contributed by atoms with van der Waals surface area (Å²) in [5.74, 6) is 0.00915. The first-order valence-electron chi connectivity index (χ1n) is 9.36. The zero-order valence-corrected chi connectivity index (χ0v) is 16.7. The van der Waals surface area contributed by atoms with Gasteiger partial charge >= 0.3 is 0 Å². The van der Waals surface area contributed by atoms with Crippen LogP contribution in [0.2, 0.25) is 0 Å². The van der Waals surface area contributed by atoms with E-state index in [9.17, 15) is 9.59 Å². The molecule has 0 aliphatic carbocycles. The van der Waals surface area contributed by atoms with E-state index in [1.54, 1.807) is 37.4 Å². The van der Waals surface area contributed by atoms with Gasteiger partial charge in [-0.1, -0.05) is 53.6 Å². The van der Waals surface area contributed by atoms with E-state index in [2.05, 4.69) is 10.6 Å². The molecule has 0 heterocycles. The van der Waals surface area contributed by atoms with Crippen molar-refractivity contribution < 1.29 is 14.3 Å². The molecule has 0 aromatic heterocycles. The maximum atomic E-state index is 12.8. The SMILES string of the molecule is COc1ccccc1C(NC(=O)c1cccc(C)c1)NC(=O)c1cccc(C)c1. The van der Waals surface area contributed by atoms with Crippen LogP contribution in [-0.4, -0.2) is 18.9 Å². The molecule has 0 spiro atoms. The van der Waals surface area contributed by atoms with Crippen LogP contribution in [0.5, 0.6) is 5.75 Å². The third kappa shape index (κ3) is 5.02. The number of rotatable bonds is 6. The second kappa shape index (κ2) is 9.06. The first-order valence-corrected chi connectivity index (χ1v) is 9.36. The Morgan fingerprint density at radius 2 is 1.28 bits per heavy atom. The lowest BCUT2D eigenvalue weighted by Gasteiger charge is -2.23. The summed E-state index contributed by atoms with van der Waals surface area (Å²) in [4.78, 5) is 25.7. The zero-order chi connectivity index (χ0) is 20.8. The van der Waals surface area contributed by atoms with E-state index in [1.807, 2.05) is 56.3 Å². The summed E-state index contributed by atoms with van der Waals surface area (Å²) < 4.78 is 5.44. The van der Waals surface area contributed by atoms with E-state index in [0.29, 0.717) is 22.4 Å². The summed E-state index contributed by atoms with van der Waals surface area (Å²) >= 11 is 0. The number of aryl methyl sites for hydroxylation is 2. The van der Waals surface area contributed by atoms with Gasteiger partial charge in [-0.2, -0.15) is 0 Å². The summed E-state index contributed by atoms with van der Waals surface area (Å²) in [6.07, 6.45) is -0.757.